The van der Waals surface area contributed by atoms with E-state index in [2.05, 4.69) is 16.7 Å². The largest absolute Gasteiger partial charge is 0.504 e. The van der Waals surface area contributed by atoms with E-state index in [1.165, 1.54) is 18.3 Å². The molecule has 3 aromatic carbocycles. The third-order valence-electron chi connectivity index (χ3n) is 4.94. The Morgan fingerprint density at radius 1 is 0.903 bits per heavy atom. The van der Waals surface area contributed by atoms with Gasteiger partial charge in [0.1, 0.15) is 0 Å². The molecule has 0 fully saturated rings. The van der Waals surface area contributed by atoms with Crippen LogP contribution >= 0.6 is 0 Å². The van der Waals surface area contributed by atoms with Crippen LogP contribution in [0.25, 0.3) is 16.7 Å². The van der Waals surface area contributed by atoms with Crippen LogP contribution < -0.4 is 10.6 Å². The number of benzene rings is 3. The zero-order valence-corrected chi connectivity index (χ0v) is 16.2. The number of carbonyl (C=O) groups is 2. The Hall–Kier alpha value is -4.57. The van der Waals surface area contributed by atoms with Crippen molar-refractivity contribution in [2.75, 3.05) is 0 Å². The first-order chi connectivity index (χ1) is 15.0. The lowest BCUT2D eigenvalue weighted by Gasteiger charge is -2.19. The van der Waals surface area contributed by atoms with E-state index in [1.54, 1.807) is 42.5 Å². The molecule has 2 amide bonds. The van der Waals surface area contributed by atoms with Crippen LogP contribution in [0.15, 0.2) is 66.9 Å². The first-order valence-electron chi connectivity index (χ1n) is 9.41. The predicted molar refractivity (Wildman–Crippen MR) is 114 cm³/mol. The molecule has 7 nitrogen and oxygen atoms in total. The molecule has 7 heteroatoms. The number of rotatable bonds is 4. The Balaban J connectivity index is 1.68. The van der Waals surface area contributed by atoms with Gasteiger partial charge in [0.25, 0.3) is 11.8 Å². The molecule has 1 aliphatic heterocycles. The number of aromatic hydroxyl groups is 2. The molecule has 3 aromatic rings. The number of hydrogen-bond acceptors (Lipinski definition) is 6. The third kappa shape index (κ3) is 3.95. The highest BCUT2D eigenvalue weighted by Gasteiger charge is 2.27. The zero-order chi connectivity index (χ0) is 22.0. The number of phenolic OH excluding ortho intramolecular Hbond substituents is 2. The number of nitrogens with one attached hydrogen (secondary N) is 2. The van der Waals surface area contributed by atoms with E-state index in [9.17, 15) is 19.8 Å². The van der Waals surface area contributed by atoms with Gasteiger partial charge in [0.15, 0.2) is 11.5 Å². The van der Waals surface area contributed by atoms with E-state index in [0.29, 0.717) is 22.3 Å². The monoisotopic (exact) mass is 411 g/mol. The Morgan fingerprint density at radius 3 is 2.48 bits per heavy atom. The van der Waals surface area contributed by atoms with E-state index in [1.807, 2.05) is 6.07 Å². The second kappa shape index (κ2) is 8.05. The van der Waals surface area contributed by atoms with Crippen molar-refractivity contribution in [1.29, 1.82) is 5.26 Å². The molecule has 4 N–H and O–H groups in total. The minimum absolute atomic E-state index is 0.214. The molecule has 0 saturated heterocycles. The summed E-state index contributed by atoms with van der Waals surface area (Å²) in [6.07, 6.45) is 1.51. The Labute approximate surface area is 177 Å². The average molecular weight is 411 g/mol. The number of carbonyl (C=O) groups excluding carboxylic acids is 2. The maximum Gasteiger partial charge on any atom is 0.260 e. The van der Waals surface area contributed by atoms with Gasteiger partial charge in [-0.25, -0.2) is 0 Å². The van der Waals surface area contributed by atoms with Gasteiger partial charge in [0.05, 0.1) is 17.2 Å². The quantitative estimate of drug-likeness (QED) is 0.297. The van der Waals surface area contributed by atoms with Gasteiger partial charge >= 0.3 is 0 Å². The highest BCUT2D eigenvalue weighted by Crippen LogP contribution is 2.30. The molecular weight excluding hydrogens is 394 g/mol. The molecule has 0 saturated carbocycles. The molecular formula is C24H17N3O4. The third-order valence-corrected chi connectivity index (χ3v) is 4.94. The van der Waals surface area contributed by atoms with Crippen LogP contribution in [0.1, 0.15) is 27.0 Å². The summed E-state index contributed by atoms with van der Waals surface area (Å²) in [5, 5.41) is 33.5. The van der Waals surface area contributed by atoms with Crippen molar-refractivity contribution in [1.82, 2.24) is 10.6 Å². The molecule has 0 radical (unpaired) electrons. The summed E-state index contributed by atoms with van der Waals surface area (Å²) >= 11 is 0. The fourth-order valence-electron chi connectivity index (χ4n) is 3.37. The lowest BCUT2D eigenvalue weighted by Crippen LogP contribution is -2.37. The van der Waals surface area contributed by atoms with Crippen molar-refractivity contribution in [3.63, 3.8) is 0 Å². The van der Waals surface area contributed by atoms with E-state index in [0.717, 1.165) is 11.1 Å². The van der Waals surface area contributed by atoms with Crippen LogP contribution in [0.5, 0.6) is 11.5 Å². The number of nitriles is 1. The average Bonchev–Trinajstić information content (AvgIpc) is 2.78. The molecule has 1 aliphatic rings. The molecule has 0 unspecified atom stereocenters. The minimum Gasteiger partial charge on any atom is -0.504 e. The number of amides is 2. The Kier molecular flexibility index (Phi) is 5.12. The second-order valence-electron chi connectivity index (χ2n) is 7.00. The van der Waals surface area contributed by atoms with Gasteiger partial charge in [0.2, 0.25) is 0 Å². The number of phenols is 2. The van der Waals surface area contributed by atoms with E-state index in [4.69, 9.17) is 5.26 Å². The number of fused-ring (bicyclic) bond motifs is 1. The fourth-order valence-corrected chi connectivity index (χ4v) is 3.37. The van der Waals surface area contributed by atoms with Crippen LogP contribution in [0.4, 0.5) is 0 Å². The Morgan fingerprint density at radius 2 is 1.71 bits per heavy atom. The van der Waals surface area contributed by atoms with Crippen molar-refractivity contribution in [2.24, 2.45) is 0 Å². The van der Waals surface area contributed by atoms with Crippen molar-refractivity contribution in [2.45, 2.75) is 6.54 Å². The van der Waals surface area contributed by atoms with Crippen LogP contribution in [-0.4, -0.2) is 22.0 Å². The molecule has 0 aliphatic carbocycles. The molecule has 4 rings (SSSR count). The predicted octanol–water partition coefficient (Wildman–Crippen LogP) is 3.04. The first kappa shape index (κ1) is 19.7. The zero-order valence-electron chi connectivity index (χ0n) is 16.2. The van der Waals surface area contributed by atoms with Gasteiger partial charge in [-0.1, -0.05) is 24.3 Å². The molecule has 1 heterocycles. The van der Waals surface area contributed by atoms with Gasteiger partial charge < -0.3 is 15.5 Å². The highest BCUT2D eigenvalue weighted by molar-refractivity contribution is 6.31. The van der Waals surface area contributed by atoms with Crippen molar-refractivity contribution < 1.29 is 19.8 Å². The maximum atomic E-state index is 12.5. The van der Waals surface area contributed by atoms with Crippen molar-refractivity contribution >= 4 is 17.4 Å². The van der Waals surface area contributed by atoms with Crippen LogP contribution in [0.3, 0.4) is 0 Å². The lowest BCUT2D eigenvalue weighted by atomic mass is 9.91. The van der Waals surface area contributed by atoms with E-state index >= 15 is 0 Å². The van der Waals surface area contributed by atoms with E-state index in [-0.39, 0.29) is 23.6 Å². The van der Waals surface area contributed by atoms with Gasteiger partial charge in [-0.05, 0) is 53.1 Å². The smallest absolute Gasteiger partial charge is 0.260 e. The van der Waals surface area contributed by atoms with Gasteiger partial charge in [-0.2, -0.15) is 5.26 Å². The summed E-state index contributed by atoms with van der Waals surface area (Å²) in [6, 6.07) is 18.8. The summed E-state index contributed by atoms with van der Waals surface area (Å²) in [6.45, 7) is 0.289. The second-order valence-corrected chi connectivity index (χ2v) is 7.00. The number of imide groups is 1. The van der Waals surface area contributed by atoms with Gasteiger partial charge in [-0.15, -0.1) is 0 Å². The normalized spacial score (nSPS) is 14.0. The number of hydrogen-bond donors (Lipinski definition) is 4. The van der Waals surface area contributed by atoms with Gasteiger partial charge in [0, 0.05) is 23.9 Å². The van der Waals surface area contributed by atoms with Crippen molar-refractivity contribution in [3.05, 3.63) is 89.1 Å². The number of nitrogens with zero attached hydrogens (tertiary/aromatic N) is 1. The molecule has 0 atom stereocenters. The minimum atomic E-state index is -0.526. The van der Waals surface area contributed by atoms with Crippen LogP contribution in [-0.2, 0) is 11.3 Å². The molecule has 0 bridgehead atoms. The van der Waals surface area contributed by atoms with Crippen molar-refractivity contribution in [3.8, 4) is 28.7 Å². The summed E-state index contributed by atoms with van der Waals surface area (Å²) in [5.41, 5.74) is 3.92. The first-order valence-corrected chi connectivity index (χ1v) is 9.41. The summed E-state index contributed by atoms with van der Waals surface area (Å²) in [5.74, 6) is -1.45. The summed E-state index contributed by atoms with van der Waals surface area (Å²) < 4.78 is 0. The summed E-state index contributed by atoms with van der Waals surface area (Å²) in [7, 11) is 0. The van der Waals surface area contributed by atoms with Crippen LogP contribution in [0.2, 0.25) is 0 Å². The maximum absolute atomic E-state index is 12.5. The molecule has 0 spiro atoms. The molecule has 31 heavy (non-hydrogen) atoms. The summed E-state index contributed by atoms with van der Waals surface area (Å²) in [4.78, 5) is 24.8. The standard InChI is InChI=1S/C24H17N3O4/c25-11-14-2-1-3-16(8-14)17-5-6-18-19(10-17)20(24(31)27-23(18)30)13-26-12-15-4-7-21(28)22(29)9-15/h1-10,13,26,28-29H,12H2,(H,27,30,31)/b20-13+. The SMILES string of the molecule is N#Cc1cccc(-c2ccc3c(c2)/C(=C\NCc2ccc(O)c(O)c2)C(=O)NC3=O)c1. The van der Waals surface area contributed by atoms with Crippen LogP contribution in [0, 0.1) is 11.3 Å². The lowest BCUT2D eigenvalue weighted by molar-refractivity contribution is -0.114. The van der Waals surface area contributed by atoms with Gasteiger partial charge in [-0.3, -0.25) is 14.9 Å². The molecule has 152 valence electrons. The Bertz CT molecular complexity index is 1290. The topological polar surface area (TPSA) is 122 Å². The fraction of sp³-hybridized carbons (Fsp3) is 0.0417. The molecule has 0 aromatic heterocycles. The van der Waals surface area contributed by atoms with E-state index < -0.39 is 11.8 Å². The highest BCUT2D eigenvalue weighted by atomic mass is 16.3.